The Hall–Kier alpha value is -3.29. The van der Waals surface area contributed by atoms with Crippen molar-refractivity contribution in [3.63, 3.8) is 0 Å². The van der Waals surface area contributed by atoms with E-state index in [1.54, 1.807) is 43.4 Å². The lowest BCUT2D eigenvalue weighted by Gasteiger charge is -2.31. The standard InChI is InChI=1S/C24H32N4O4/c1-4-5-14-32-21-8-6-18(15-22(21)31-3)7-9-23(29)28-12-10-20(11-13-28)26-24(30)19-16-25-27(2)17-19/h6-9,15-17,20H,4-5,10-14H2,1-3H3,(H,26,30)/b9-7+. The molecule has 1 saturated heterocycles. The Bertz CT molecular complexity index is 945. The molecule has 8 nitrogen and oxygen atoms in total. The van der Waals surface area contributed by atoms with Gasteiger partial charge in [-0.15, -0.1) is 0 Å². The zero-order valence-electron chi connectivity index (χ0n) is 19.0. The average Bonchev–Trinajstić information content (AvgIpc) is 3.25. The van der Waals surface area contributed by atoms with E-state index in [2.05, 4.69) is 17.3 Å². The van der Waals surface area contributed by atoms with Crippen LogP contribution >= 0.6 is 0 Å². The van der Waals surface area contributed by atoms with Crippen molar-refractivity contribution in [3.8, 4) is 11.5 Å². The van der Waals surface area contributed by atoms with Gasteiger partial charge in [0.25, 0.3) is 5.91 Å². The van der Waals surface area contributed by atoms with Gasteiger partial charge in [-0.2, -0.15) is 5.10 Å². The molecule has 32 heavy (non-hydrogen) atoms. The van der Waals surface area contributed by atoms with Crippen molar-refractivity contribution in [1.29, 1.82) is 0 Å². The molecule has 1 aliphatic rings. The van der Waals surface area contributed by atoms with E-state index in [9.17, 15) is 9.59 Å². The molecule has 0 bridgehead atoms. The SMILES string of the molecule is CCCCOc1ccc(/C=C/C(=O)N2CCC(NC(=O)c3cnn(C)c3)CC2)cc1OC. The number of carbonyl (C=O) groups is 2. The van der Waals surface area contributed by atoms with Crippen LogP contribution in [0.25, 0.3) is 6.08 Å². The molecule has 2 amide bonds. The second-order valence-corrected chi connectivity index (χ2v) is 7.92. The second-order valence-electron chi connectivity index (χ2n) is 7.92. The van der Waals surface area contributed by atoms with Crippen molar-refractivity contribution in [3.05, 3.63) is 47.8 Å². The number of carbonyl (C=O) groups excluding carboxylic acids is 2. The van der Waals surface area contributed by atoms with Gasteiger partial charge >= 0.3 is 0 Å². The topological polar surface area (TPSA) is 85.7 Å². The molecular formula is C24H32N4O4. The van der Waals surface area contributed by atoms with Crippen LogP contribution in [0.4, 0.5) is 0 Å². The summed E-state index contributed by atoms with van der Waals surface area (Å²) in [4.78, 5) is 26.7. The van der Waals surface area contributed by atoms with E-state index in [-0.39, 0.29) is 17.9 Å². The minimum absolute atomic E-state index is 0.0377. The van der Waals surface area contributed by atoms with E-state index in [1.807, 2.05) is 23.1 Å². The van der Waals surface area contributed by atoms with Crippen LogP contribution in [0.15, 0.2) is 36.7 Å². The summed E-state index contributed by atoms with van der Waals surface area (Å²) in [7, 11) is 3.39. The molecule has 1 aromatic heterocycles. The molecule has 2 aromatic rings. The number of ether oxygens (including phenoxy) is 2. The number of hydrogen-bond donors (Lipinski definition) is 1. The lowest BCUT2D eigenvalue weighted by molar-refractivity contribution is -0.126. The second kappa shape index (κ2) is 11.4. The fourth-order valence-electron chi connectivity index (χ4n) is 3.56. The minimum atomic E-state index is -0.126. The van der Waals surface area contributed by atoms with Gasteiger partial charge in [-0.1, -0.05) is 19.4 Å². The van der Waals surface area contributed by atoms with Gasteiger partial charge in [-0.3, -0.25) is 14.3 Å². The van der Waals surface area contributed by atoms with E-state index in [4.69, 9.17) is 9.47 Å². The maximum atomic E-state index is 12.6. The summed E-state index contributed by atoms with van der Waals surface area (Å²) in [5, 5.41) is 7.05. The van der Waals surface area contributed by atoms with Gasteiger partial charge in [0.2, 0.25) is 5.91 Å². The van der Waals surface area contributed by atoms with E-state index in [1.165, 1.54) is 0 Å². The lowest BCUT2D eigenvalue weighted by atomic mass is 10.0. The molecule has 0 unspecified atom stereocenters. The number of nitrogens with one attached hydrogen (secondary N) is 1. The van der Waals surface area contributed by atoms with Crippen LogP contribution in [0.5, 0.6) is 11.5 Å². The Kier molecular flexibility index (Phi) is 8.30. The molecule has 0 spiro atoms. The van der Waals surface area contributed by atoms with Gasteiger partial charge in [0, 0.05) is 38.5 Å². The smallest absolute Gasteiger partial charge is 0.254 e. The first-order chi connectivity index (χ1) is 15.5. The highest BCUT2D eigenvalue weighted by Crippen LogP contribution is 2.28. The van der Waals surface area contributed by atoms with Crippen molar-refractivity contribution >= 4 is 17.9 Å². The van der Waals surface area contributed by atoms with Crippen molar-refractivity contribution in [2.45, 2.75) is 38.6 Å². The largest absolute Gasteiger partial charge is 0.493 e. The van der Waals surface area contributed by atoms with Crippen LogP contribution in [0.3, 0.4) is 0 Å². The fourth-order valence-corrected chi connectivity index (χ4v) is 3.56. The molecule has 0 radical (unpaired) electrons. The predicted molar refractivity (Wildman–Crippen MR) is 123 cm³/mol. The molecule has 8 heteroatoms. The molecule has 172 valence electrons. The number of amides is 2. The van der Waals surface area contributed by atoms with E-state index in [0.29, 0.717) is 36.8 Å². The monoisotopic (exact) mass is 440 g/mol. The number of unbranched alkanes of at least 4 members (excludes halogenated alkanes) is 1. The third kappa shape index (κ3) is 6.35. The van der Waals surface area contributed by atoms with Crippen molar-refractivity contribution in [2.75, 3.05) is 26.8 Å². The number of nitrogens with zero attached hydrogens (tertiary/aromatic N) is 3. The summed E-state index contributed by atoms with van der Waals surface area (Å²) in [5.74, 6) is 1.20. The molecule has 1 aliphatic heterocycles. The van der Waals surface area contributed by atoms with E-state index >= 15 is 0 Å². The Balaban J connectivity index is 1.49. The summed E-state index contributed by atoms with van der Waals surface area (Å²) in [5.41, 5.74) is 1.42. The molecule has 1 N–H and O–H groups in total. The average molecular weight is 441 g/mol. The van der Waals surface area contributed by atoms with Gasteiger partial charge < -0.3 is 19.7 Å². The van der Waals surface area contributed by atoms with Crippen LogP contribution in [0.2, 0.25) is 0 Å². The third-order valence-electron chi connectivity index (χ3n) is 5.47. The maximum absolute atomic E-state index is 12.6. The van der Waals surface area contributed by atoms with Gasteiger partial charge in [0.1, 0.15) is 0 Å². The highest BCUT2D eigenvalue weighted by atomic mass is 16.5. The number of aromatic nitrogens is 2. The van der Waals surface area contributed by atoms with Gasteiger partial charge in [-0.25, -0.2) is 0 Å². The molecule has 0 atom stereocenters. The highest BCUT2D eigenvalue weighted by Gasteiger charge is 2.23. The predicted octanol–water partition coefficient (Wildman–Crippen LogP) is 3.04. The number of hydrogen-bond acceptors (Lipinski definition) is 5. The number of aryl methyl sites for hydroxylation is 1. The third-order valence-corrected chi connectivity index (χ3v) is 5.47. The Morgan fingerprint density at radius 2 is 2.03 bits per heavy atom. The van der Waals surface area contributed by atoms with Crippen LogP contribution in [-0.4, -0.2) is 59.3 Å². The molecule has 1 aromatic carbocycles. The molecule has 0 saturated carbocycles. The molecular weight excluding hydrogens is 408 g/mol. The Labute approximate surface area is 189 Å². The number of likely N-dealkylation sites (tertiary alicyclic amines) is 1. The molecule has 0 aliphatic carbocycles. The van der Waals surface area contributed by atoms with Crippen molar-refractivity contribution in [2.24, 2.45) is 7.05 Å². The Morgan fingerprint density at radius 1 is 1.25 bits per heavy atom. The quantitative estimate of drug-likeness (QED) is 0.479. The van der Waals surface area contributed by atoms with Crippen molar-refractivity contribution in [1.82, 2.24) is 20.0 Å². The number of benzene rings is 1. The van der Waals surface area contributed by atoms with Gasteiger partial charge in [0.05, 0.1) is 25.5 Å². The van der Waals surface area contributed by atoms with E-state index < -0.39 is 0 Å². The summed E-state index contributed by atoms with van der Waals surface area (Å²) < 4.78 is 12.8. The van der Waals surface area contributed by atoms with Crippen LogP contribution in [0.1, 0.15) is 48.5 Å². The molecule has 1 fully saturated rings. The first-order valence-electron chi connectivity index (χ1n) is 11.1. The fraction of sp³-hybridized carbons (Fsp3) is 0.458. The highest BCUT2D eigenvalue weighted by molar-refractivity contribution is 5.94. The van der Waals surface area contributed by atoms with Gasteiger partial charge in [0.15, 0.2) is 11.5 Å². The summed E-state index contributed by atoms with van der Waals surface area (Å²) in [6.45, 7) is 3.98. The van der Waals surface area contributed by atoms with Crippen LogP contribution in [0, 0.1) is 0 Å². The zero-order valence-corrected chi connectivity index (χ0v) is 19.0. The van der Waals surface area contributed by atoms with Crippen LogP contribution in [-0.2, 0) is 11.8 Å². The number of rotatable bonds is 9. The number of piperidine rings is 1. The van der Waals surface area contributed by atoms with Gasteiger partial charge in [-0.05, 0) is 43.0 Å². The zero-order chi connectivity index (χ0) is 22.9. The van der Waals surface area contributed by atoms with E-state index in [0.717, 1.165) is 31.2 Å². The summed E-state index contributed by atoms with van der Waals surface area (Å²) in [6, 6.07) is 5.70. The minimum Gasteiger partial charge on any atom is -0.493 e. The first kappa shape index (κ1) is 23.4. The lowest BCUT2D eigenvalue weighted by Crippen LogP contribution is -2.46. The number of methoxy groups -OCH3 is 1. The van der Waals surface area contributed by atoms with Crippen LogP contribution < -0.4 is 14.8 Å². The first-order valence-corrected chi connectivity index (χ1v) is 11.1. The maximum Gasteiger partial charge on any atom is 0.254 e. The molecule has 2 heterocycles. The van der Waals surface area contributed by atoms with Crippen molar-refractivity contribution < 1.29 is 19.1 Å². The summed E-state index contributed by atoms with van der Waals surface area (Å²) in [6.07, 6.45) is 10.1. The summed E-state index contributed by atoms with van der Waals surface area (Å²) >= 11 is 0. The Morgan fingerprint density at radius 3 is 2.69 bits per heavy atom. The molecule has 3 rings (SSSR count). The normalized spacial score (nSPS) is 14.5.